The smallest absolute Gasteiger partial charge is 0.251 e. The molecule has 4 rings (SSSR count). The average Bonchev–Trinajstić information content (AvgIpc) is 3.20. The molecule has 1 amide bonds. The largest absolute Gasteiger partial charge is 0.493 e. The number of amides is 1. The Labute approximate surface area is 182 Å². The van der Waals surface area contributed by atoms with Crippen LogP contribution in [-0.2, 0) is 0 Å². The van der Waals surface area contributed by atoms with Crippen LogP contribution in [0.1, 0.15) is 85.3 Å². The summed E-state index contributed by atoms with van der Waals surface area (Å²) in [4.78, 5) is 17.8. The minimum Gasteiger partial charge on any atom is -0.493 e. The second-order valence-corrected chi connectivity index (χ2v) is 9.25. The van der Waals surface area contributed by atoms with Gasteiger partial charge in [-0.1, -0.05) is 57.7 Å². The molecule has 2 heterocycles. The van der Waals surface area contributed by atoms with E-state index in [0.717, 1.165) is 28.0 Å². The van der Waals surface area contributed by atoms with Gasteiger partial charge in [-0.05, 0) is 30.7 Å². The van der Waals surface area contributed by atoms with E-state index in [-0.39, 0.29) is 11.9 Å². The summed E-state index contributed by atoms with van der Waals surface area (Å²) >= 11 is 1.72. The van der Waals surface area contributed by atoms with Gasteiger partial charge < -0.3 is 10.1 Å². The van der Waals surface area contributed by atoms with E-state index in [1.807, 2.05) is 42.5 Å². The van der Waals surface area contributed by atoms with E-state index >= 15 is 0 Å². The molecule has 0 aliphatic carbocycles. The molecule has 1 unspecified atom stereocenters. The van der Waals surface area contributed by atoms with E-state index in [1.54, 1.807) is 11.3 Å². The van der Waals surface area contributed by atoms with Gasteiger partial charge in [0.15, 0.2) is 0 Å². The highest BCUT2D eigenvalue weighted by molar-refractivity contribution is 7.18. The fourth-order valence-corrected chi connectivity index (χ4v) is 5.12. The molecule has 2 aromatic carbocycles. The SMILES string of the molecule is CCCCCCC(C)c1nc2ccc(C(=O)N[C@H]3CCOc4ccccc43)cc2s1. The van der Waals surface area contributed by atoms with Gasteiger partial charge in [0.2, 0.25) is 0 Å². The van der Waals surface area contributed by atoms with Crippen LogP contribution < -0.4 is 10.1 Å². The van der Waals surface area contributed by atoms with E-state index in [2.05, 4.69) is 19.2 Å². The second-order valence-electron chi connectivity index (χ2n) is 8.19. The number of aromatic nitrogens is 1. The quantitative estimate of drug-likeness (QED) is 0.415. The van der Waals surface area contributed by atoms with Gasteiger partial charge in [-0.25, -0.2) is 4.98 Å². The number of rotatable bonds is 8. The molecule has 30 heavy (non-hydrogen) atoms. The number of carbonyl (C=O) groups excluding carboxylic acids is 1. The summed E-state index contributed by atoms with van der Waals surface area (Å²) in [5.41, 5.74) is 2.73. The number of fused-ring (bicyclic) bond motifs is 2. The number of ether oxygens (including phenoxy) is 1. The van der Waals surface area contributed by atoms with Crippen LogP contribution in [0, 0.1) is 0 Å². The van der Waals surface area contributed by atoms with Crippen LogP contribution in [0.15, 0.2) is 42.5 Å². The fourth-order valence-electron chi connectivity index (χ4n) is 4.03. The molecule has 1 aromatic heterocycles. The number of hydrogen-bond acceptors (Lipinski definition) is 4. The Kier molecular flexibility index (Phi) is 6.68. The van der Waals surface area contributed by atoms with Crippen LogP contribution in [0.3, 0.4) is 0 Å². The zero-order valence-corrected chi connectivity index (χ0v) is 18.6. The molecule has 1 N–H and O–H groups in total. The molecule has 5 heteroatoms. The molecule has 0 saturated carbocycles. The number of carbonyl (C=O) groups is 1. The number of thiazole rings is 1. The van der Waals surface area contributed by atoms with Gasteiger partial charge in [0, 0.05) is 23.5 Å². The van der Waals surface area contributed by atoms with E-state index in [1.165, 1.54) is 37.1 Å². The van der Waals surface area contributed by atoms with Crippen LogP contribution in [0.25, 0.3) is 10.2 Å². The second kappa shape index (κ2) is 9.61. The number of nitrogens with zero attached hydrogens (tertiary/aromatic N) is 1. The van der Waals surface area contributed by atoms with Gasteiger partial charge >= 0.3 is 0 Å². The predicted molar refractivity (Wildman–Crippen MR) is 124 cm³/mol. The minimum atomic E-state index is -0.0406. The Morgan fingerprint density at radius 3 is 2.97 bits per heavy atom. The van der Waals surface area contributed by atoms with Gasteiger partial charge in [0.25, 0.3) is 5.91 Å². The van der Waals surface area contributed by atoms with Crippen LogP contribution in [0.2, 0.25) is 0 Å². The maximum Gasteiger partial charge on any atom is 0.251 e. The van der Waals surface area contributed by atoms with E-state index < -0.39 is 0 Å². The molecule has 0 fully saturated rings. The highest BCUT2D eigenvalue weighted by atomic mass is 32.1. The van der Waals surface area contributed by atoms with Crippen LogP contribution in [0.5, 0.6) is 5.75 Å². The van der Waals surface area contributed by atoms with Crippen molar-refractivity contribution in [3.8, 4) is 5.75 Å². The molecular formula is C25H30N2O2S. The molecule has 0 bridgehead atoms. The van der Waals surface area contributed by atoms with Crippen molar-refractivity contribution in [2.24, 2.45) is 0 Å². The first-order valence-corrected chi connectivity index (χ1v) is 11.9. The number of benzene rings is 2. The third-order valence-electron chi connectivity index (χ3n) is 5.84. The van der Waals surface area contributed by atoms with Crippen LogP contribution >= 0.6 is 11.3 Å². The number of nitrogens with one attached hydrogen (secondary N) is 1. The standard InChI is InChI=1S/C25H30N2O2S/c1-3-4-5-6-9-17(2)25-27-21-13-12-18(16-23(21)30-25)24(28)26-20-14-15-29-22-11-8-7-10-19(20)22/h7-8,10-13,16-17,20H,3-6,9,14-15H2,1-2H3,(H,26,28)/t17?,20-/m0/s1. The molecule has 0 radical (unpaired) electrons. The summed E-state index contributed by atoms with van der Waals surface area (Å²) in [5.74, 6) is 1.29. The van der Waals surface area contributed by atoms with Crippen molar-refractivity contribution in [1.82, 2.24) is 10.3 Å². The molecular weight excluding hydrogens is 392 g/mol. The summed E-state index contributed by atoms with van der Waals surface area (Å²) < 4.78 is 6.80. The predicted octanol–water partition coefficient (Wildman–Crippen LogP) is 6.62. The van der Waals surface area contributed by atoms with Crippen molar-refractivity contribution in [2.75, 3.05) is 6.61 Å². The zero-order valence-electron chi connectivity index (χ0n) is 17.8. The maximum absolute atomic E-state index is 12.9. The summed E-state index contributed by atoms with van der Waals surface area (Å²) in [5, 5.41) is 4.37. The van der Waals surface area contributed by atoms with E-state index in [9.17, 15) is 4.79 Å². The molecule has 3 aromatic rings. The molecule has 1 aliphatic heterocycles. The number of para-hydroxylation sites is 1. The van der Waals surface area contributed by atoms with E-state index in [0.29, 0.717) is 18.1 Å². The average molecular weight is 423 g/mol. The first-order valence-electron chi connectivity index (χ1n) is 11.1. The fraction of sp³-hybridized carbons (Fsp3) is 0.440. The third-order valence-corrected chi connectivity index (χ3v) is 7.09. The van der Waals surface area contributed by atoms with Gasteiger partial charge in [0.1, 0.15) is 5.75 Å². The first kappa shape index (κ1) is 20.9. The van der Waals surface area contributed by atoms with E-state index in [4.69, 9.17) is 9.72 Å². The number of hydrogen-bond donors (Lipinski definition) is 1. The minimum absolute atomic E-state index is 0.0155. The Hall–Kier alpha value is -2.40. The molecule has 158 valence electrons. The summed E-state index contributed by atoms with van der Waals surface area (Å²) in [6.45, 7) is 5.13. The zero-order chi connectivity index (χ0) is 20.9. The maximum atomic E-state index is 12.9. The first-order chi connectivity index (χ1) is 14.7. The molecule has 4 nitrogen and oxygen atoms in total. The van der Waals surface area contributed by atoms with Gasteiger partial charge in [-0.3, -0.25) is 4.79 Å². The normalized spacial score (nSPS) is 16.7. The highest BCUT2D eigenvalue weighted by Crippen LogP contribution is 2.33. The van der Waals surface area contributed by atoms with Crippen molar-refractivity contribution in [1.29, 1.82) is 0 Å². The summed E-state index contributed by atoms with van der Waals surface area (Å²) in [7, 11) is 0. The Morgan fingerprint density at radius 1 is 1.23 bits per heavy atom. The van der Waals surface area contributed by atoms with Gasteiger partial charge in [0.05, 0.1) is 27.9 Å². The molecule has 0 spiro atoms. The van der Waals surface area contributed by atoms with Crippen molar-refractivity contribution in [3.05, 3.63) is 58.6 Å². The topological polar surface area (TPSA) is 51.2 Å². The summed E-state index contributed by atoms with van der Waals surface area (Å²) in [6, 6.07) is 13.8. The van der Waals surface area contributed by atoms with Crippen molar-refractivity contribution < 1.29 is 9.53 Å². The lowest BCUT2D eigenvalue weighted by atomic mass is 10.00. The number of unbranched alkanes of at least 4 members (excludes halogenated alkanes) is 3. The van der Waals surface area contributed by atoms with Crippen molar-refractivity contribution in [3.63, 3.8) is 0 Å². The monoisotopic (exact) mass is 422 g/mol. The summed E-state index contributed by atoms with van der Waals surface area (Å²) in [6.07, 6.45) is 7.08. The lowest BCUT2D eigenvalue weighted by Crippen LogP contribution is -2.32. The van der Waals surface area contributed by atoms with Crippen LogP contribution in [0.4, 0.5) is 0 Å². The molecule has 0 saturated heterocycles. The van der Waals surface area contributed by atoms with Crippen LogP contribution in [-0.4, -0.2) is 17.5 Å². The van der Waals surface area contributed by atoms with Crippen molar-refractivity contribution >= 4 is 27.5 Å². The Morgan fingerprint density at radius 2 is 2.10 bits per heavy atom. The van der Waals surface area contributed by atoms with Crippen molar-refractivity contribution in [2.45, 2.75) is 64.3 Å². The lowest BCUT2D eigenvalue weighted by Gasteiger charge is -2.26. The Bertz CT molecular complexity index is 1010. The van der Waals surface area contributed by atoms with Gasteiger partial charge in [-0.15, -0.1) is 11.3 Å². The highest BCUT2D eigenvalue weighted by Gasteiger charge is 2.23. The molecule has 1 aliphatic rings. The Balaban J connectivity index is 1.45. The molecule has 2 atom stereocenters. The lowest BCUT2D eigenvalue weighted by molar-refractivity contribution is 0.0925. The third kappa shape index (κ3) is 4.67. The van der Waals surface area contributed by atoms with Gasteiger partial charge in [-0.2, -0.15) is 0 Å².